The number of guanidine groups is 1. The fraction of sp³-hybridized carbons (Fsp3) is 0.632. The topological polar surface area (TPSA) is 48.9 Å². The molecule has 144 valence electrons. The van der Waals surface area contributed by atoms with Crippen LogP contribution in [0.5, 0.6) is 0 Å². The third-order valence-corrected chi connectivity index (χ3v) is 4.36. The van der Waals surface area contributed by atoms with Gasteiger partial charge in [0.2, 0.25) is 0 Å². The second-order valence-electron chi connectivity index (χ2n) is 6.42. The zero-order chi connectivity index (χ0) is 18.0. The van der Waals surface area contributed by atoms with Crippen LogP contribution in [0.1, 0.15) is 39.3 Å². The molecule has 0 fully saturated rings. The lowest BCUT2D eigenvalue weighted by Gasteiger charge is -2.31. The average molecular weight is 462 g/mol. The number of nitrogens with one attached hydrogen (secondary N) is 2. The van der Waals surface area contributed by atoms with E-state index in [9.17, 15) is 0 Å². The predicted molar refractivity (Wildman–Crippen MR) is 118 cm³/mol. The maximum absolute atomic E-state index is 5.45. The van der Waals surface area contributed by atoms with E-state index in [0.29, 0.717) is 12.6 Å². The Hall–Kier alpha value is -0.860. The molecule has 0 heterocycles. The number of aliphatic imine (C=N–C) groups is 1. The van der Waals surface area contributed by atoms with Crippen LogP contribution in [-0.2, 0) is 4.74 Å². The van der Waals surface area contributed by atoms with Crippen LogP contribution in [-0.4, -0.2) is 56.8 Å². The molecule has 6 heteroatoms. The predicted octanol–water partition coefficient (Wildman–Crippen LogP) is 3.28. The van der Waals surface area contributed by atoms with E-state index in [4.69, 9.17) is 4.74 Å². The first-order valence-corrected chi connectivity index (χ1v) is 8.76. The highest BCUT2D eigenvalue weighted by atomic mass is 127. The van der Waals surface area contributed by atoms with Crippen LogP contribution in [0, 0.1) is 0 Å². The highest BCUT2D eigenvalue weighted by molar-refractivity contribution is 14.0. The van der Waals surface area contributed by atoms with Crippen LogP contribution in [0.25, 0.3) is 0 Å². The summed E-state index contributed by atoms with van der Waals surface area (Å²) < 4.78 is 5.45. The van der Waals surface area contributed by atoms with Gasteiger partial charge in [0, 0.05) is 27.2 Å². The van der Waals surface area contributed by atoms with Crippen molar-refractivity contribution in [3.63, 3.8) is 0 Å². The number of hydrogen-bond acceptors (Lipinski definition) is 3. The molecule has 0 aliphatic rings. The van der Waals surface area contributed by atoms with Crippen LogP contribution in [0.15, 0.2) is 35.3 Å². The zero-order valence-corrected chi connectivity index (χ0v) is 18.8. The SMILES string of the molecule is CCN(CC)C(CNC(=NC)NCC(C)(C)OC)c1ccccc1.I. The molecule has 25 heavy (non-hydrogen) atoms. The Morgan fingerprint density at radius 1 is 1.16 bits per heavy atom. The van der Waals surface area contributed by atoms with Crippen molar-refractivity contribution in [3.8, 4) is 0 Å². The van der Waals surface area contributed by atoms with Crippen LogP contribution in [0.3, 0.4) is 0 Å². The van der Waals surface area contributed by atoms with Gasteiger partial charge in [-0.2, -0.15) is 0 Å². The van der Waals surface area contributed by atoms with Gasteiger partial charge in [-0.25, -0.2) is 0 Å². The number of ether oxygens (including phenoxy) is 1. The van der Waals surface area contributed by atoms with E-state index >= 15 is 0 Å². The molecule has 0 amide bonds. The minimum absolute atomic E-state index is 0. The standard InChI is InChI=1S/C19H34N4O.HI/c1-7-23(8-2)17(16-12-10-9-11-13-16)14-21-18(20-5)22-15-19(3,4)24-6;/h9-13,17H,7-8,14-15H2,1-6H3,(H2,20,21,22);1H. The first-order chi connectivity index (χ1) is 11.5. The van der Waals surface area contributed by atoms with Crippen molar-refractivity contribution in [2.24, 2.45) is 4.99 Å². The van der Waals surface area contributed by atoms with Gasteiger partial charge in [0.15, 0.2) is 5.96 Å². The summed E-state index contributed by atoms with van der Waals surface area (Å²) in [7, 11) is 3.52. The van der Waals surface area contributed by atoms with E-state index < -0.39 is 0 Å². The van der Waals surface area contributed by atoms with Gasteiger partial charge in [-0.1, -0.05) is 44.2 Å². The van der Waals surface area contributed by atoms with E-state index in [1.165, 1.54) is 5.56 Å². The lowest BCUT2D eigenvalue weighted by Crippen LogP contribution is -2.47. The highest BCUT2D eigenvalue weighted by Crippen LogP contribution is 2.19. The highest BCUT2D eigenvalue weighted by Gasteiger charge is 2.19. The summed E-state index contributed by atoms with van der Waals surface area (Å²) in [5, 5.41) is 6.79. The Kier molecular flexibility index (Phi) is 12.1. The Labute approximate surface area is 170 Å². The Bertz CT molecular complexity index is 489. The third-order valence-electron chi connectivity index (χ3n) is 4.36. The van der Waals surface area contributed by atoms with Gasteiger partial charge in [0.05, 0.1) is 11.6 Å². The summed E-state index contributed by atoms with van der Waals surface area (Å²) in [5.74, 6) is 0.799. The second kappa shape index (κ2) is 12.5. The number of likely N-dealkylation sites (N-methyl/N-ethyl adjacent to an activating group) is 1. The first-order valence-electron chi connectivity index (χ1n) is 8.76. The molecule has 0 aliphatic carbocycles. The van der Waals surface area contributed by atoms with Crippen LogP contribution >= 0.6 is 24.0 Å². The summed E-state index contributed by atoms with van der Waals surface area (Å²) >= 11 is 0. The summed E-state index contributed by atoms with van der Waals surface area (Å²) in [5.41, 5.74) is 1.09. The minimum atomic E-state index is -0.227. The summed E-state index contributed by atoms with van der Waals surface area (Å²) in [4.78, 5) is 6.78. The van der Waals surface area contributed by atoms with Crippen molar-refractivity contribution in [1.29, 1.82) is 0 Å². The van der Waals surface area contributed by atoms with Crippen LogP contribution in [0.4, 0.5) is 0 Å². The van der Waals surface area contributed by atoms with Crippen molar-refractivity contribution >= 4 is 29.9 Å². The van der Waals surface area contributed by atoms with Gasteiger partial charge in [-0.3, -0.25) is 9.89 Å². The molecule has 1 rings (SSSR count). The van der Waals surface area contributed by atoms with Gasteiger partial charge in [0.1, 0.15) is 0 Å². The lowest BCUT2D eigenvalue weighted by molar-refractivity contribution is 0.0268. The molecule has 2 N–H and O–H groups in total. The Balaban J connectivity index is 0.00000576. The van der Waals surface area contributed by atoms with Gasteiger partial charge in [-0.15, -0.1) is 24.0 Å². The molecular weight excluding hydrogens is 427 g/mol. The van der Waals surface area contributed by atoms with Crippen LogP contribution < -0.4 is 10.6 Å². The molecule has 1 unspecified atom stereocenters. The molecule has 0 saturated carbocycles. The molecular formula is C19H35IN4O. The number of hydrogen-bond donors (Lipinski definition) is 2. The first kappa shape index (κ1) is 24.1. The molecule has 0 radical (unpaired) electrons. The molecule has 0 saturated heterocycles. The van der Waals surface area contributed by atoms with Crippen molar-refractivity contribution in [2.45, 2.75) is 39.3 Å². The molecule has 1 atom stereocenters. The molecule has 1 aromatic rings. The molecule has 0 aliphatic heterocycles. The van der Waals surface area contributed by atoms with Crippen molar-refractivity contribution in [3.05, 3.63) is 35.9 Å². The average Bonchev–Trinajstić information content (AvgIpc) is 2.61. The fourth-order valence-electron chi connectivity index (χ4n) is 2.58. The van der Waals surface area contributed by atoms with E-state index in [1.807, 2.05) is 0 Å². The maximum atomic E-state index is 5.45. The summed E-state index contributed by atoms with van der Waals surface area (Å²) in [6.07, 6.45) is 0. The summed E-state index contributed by atoms with van der Waals surface area (Å²) in [6, 6.07) is 10.9. The molecule has 0 spiro atoms. The monoisotopic (exact) mass is 462 g/mol. The van der Waals surface area contributed by atoms with E-state index in [1.54, 1.807) is 14.2 Å². The molecule has 1 aromatic carbocycles. The lowest BCUT2D eigenvalue weighted by atomic mass is 10.1. The Morgan fingerprint density at radius 2 is 1.76 bits per heavy atom. The number of rotatable bonds is 9. The smallest absolute Gasteiger partial charge is 0.191 e. The molecule has 5 nitrogen and oxygen atoms in total. The van der Waals surface area contributed by atoms with Gasteiger partial charge < -0.3 is 15.4 Å². The largest absolute Gasteiger partial charge is 0.377 e. The Morgan fingerprint density at radius 3 is 2.24 bits per heavy atom. The van der Waals surface area contributed by atoms with Crippen molar-refractivity contribution < 1.29 is 4.74 Å². The quantitative estimate of drug-likeness (QED) is 0.336. The van der Waals surface area contributed by atoms with E-state index in [2.05, 4.69) is 78.6 Å². The van der Waals surface area contributed by atoms with Crippen molar-refractivity contribution in [1.82, 2.24) is 15.5 Å². The van der Waals surface area contributed by atoms with Gasteiger partial charge in [0.25, 0.3) is 0 Å². The fourth-order valence-corrected chi connectivity index (χ4v) is 2.58. The number of benzene rings is 1. The molecule has 0 bridgehead atoms. The zero-order valence-electron chi connectivity index (χ0n) is 16.5. The normalized spacial score (nSPS) is 13.3. The van der Waals surface area contributed by atoms with Gasteiger partial charge in [-0.05, 0) is 32.5 Å². The number of methoxy groups -OCH3 is 1. The second-order valence-corrected chi connectivity index (χ2v) is 6.42. The summed E-state index contributed by atoms with van der Waals surface area (Å²) in [6.45, 7) is 12.0. The third kappa shape index (κ3) is 8.37. The molecule has 0 aromatic heterocycles. The van der Waals surface area contributed by atoms with Gasteiger partial charge >= 0.3 is 0 Å². The van der Waals surface area contributed by atoms with Crippen molar-refractivity contribution in [2.75, 3.05) is 40.3 Å². The maximum Gasteiger partial charge on any atom is 0.191 e. The van der Waals surface area contributed by atoms with Crippen LogP contribution in [0.2, 0.25) is 0 Å². The number of nitrogens with zero attached hydrogens (tertiary/aromatic N) is 2. The van der Waals surface area contributed by atoms with E-state index in [-0.39, 0.29) is 29.6 Å². The number of halogens is 1. The minimum Gasteiger partial charge on any atom is -0.377 e. The van der Waals surface area contributed by atoms with E-state index in [0.717, 1.165) is 25.6 Å².